The zero-order valence-corrected chi connectivity index (χ0v) is 24.4. The SMILES string of the molecule is CCOC(=O)c1[nH]n(-c2ccccc2)c(=O)c1C(c1ccc(Br)cc1)c1c(C(=O)OCC)[nH]n(-c2ccccc2)c1=O. The number of aromatic amines is 2. The molecule has 0 saturated heterocycles. The number of esters is 2. The first-order chi connectivity index (χ1) is 20.3. The second-order valence-corrected chi connectivity index (χ2v) is 10.1. The number of para-hydroxylation sites is 2. The second kappa shape index (κ2) is 12.3. The minimum atomic E-state index is -1.17. The van der Waals surface area contributed by atoms with E-state index >= 15 is 0 Å². The summed E-state index contributed by atoms with van der Waals surface area (Å²) in [7, 11) is 0. The quantitative estimate of drug-likeness (QED) is 0.222. The monoisotopic (exact) mass is 630 g/mol. The number of nitrogens with zero attached hydrogens (tertiary/aromatic N) is 2. The molecular formula is C31H27BrN4O6. The zero-order chi connectivity index (χ0) is 29.8. The molecule has 0 aliphatic rings. The van der Waals surface area contributed by atoms with Crippen molar-refractivity contribution in [2.45, 2.75) is 19.8 Å². The van der Waals surface area contributed by atoms with E-state index in [0.717, 1.165) is 4.47 Å². The van der Waals surface area contributed by atoms with E-state index in [1.54, 1.807) is 98.8 Å². The van der Waals surface area contributed by atoms with Gasteiger partial charge in [0.05, 0.1) is 35.7 Å². The van der Waals surface area contributed by atoms with Crippen molar-refractivity contribution in [2.75, 3.05) is 13.2 Å². The summed E-state index contributed by atoms with van der Waals surface area (Å²) < 4.78 is 13.8. The number of rotatable bonds is 9. The summed E-state index contributed by atoms with van der Waals surface area (Å²) in [6, 6.07) is 24.4. The molecule has 2 heterocycles. The van der Waals surface area contributed by atoms with E-state index < -0.39 is 29.0 Å². The normalized spacial score (nSPS) is 11.0. The average Bonchev–Trinajstić information content (AvgIpc) is 3.53. The van der Waals surface area contributed by atoms with Crippen molar-refractivity contribution in [3.8, 4) is 11.4 Å². The first kappa shape index (κ1) is 28.6. The summed E-state index contributed by atoms with van der Waals surface area (Å²) >= 11 is 3.43. The van der Waals surface area contributed by atoms with Crippen LogP contribution in [0.5, 0.6) is 0 Å². The number of aromatic nitrogens is 4. The largest absolute Gasteiger partial charge is 0.461 e. The second-order valence-electron chi connectivity index (χ2n) is 9.18. The van der Waals surface area contributed by atoms with E-state index in [1.807, 2.05) is 0 Å². The lowest BCUT2D eigenvalue weighted by Crippen LogP contribution is -2.27. The van der Waals surface area contributed by atoms with Gasteiger partial charge in [-0.05, 0) is 55.8 Å². The number of carbonyl (C=O) groups is 2. The van der Waals surface area contributed by atoms with Crippen LogP contribution in [0.25, 0.3) is 11.4 Å². The number of H-pyrrole nitrogens is 2. The van der Waals surface area contributed by atoms with E-state index in [-0.39, 0.29) is 35.7 Å². The van der Waals surface area contributed by atoms with Crippen LogP contribution in [0.15, 0.2) is 99.0 Å². The summed E-state index contributed by atoms with van der Waals surface area (Å²) in [5.41, 5.74) is -0.131. The minimum absolute atomic E-state index is 0.0542. The van der Waals surface area contributed by atoms with E-state index in [1.165, 1.54) is 9.36 Å². The van der Waals surface area contributed by atoms with Crippen molar-refractivity contribution >= 4 is 27.9 Å². The van der Waals surface area contributed by atoms with Crippen molar-refractivity contribution < 1.29 is 19.1 Å². The third-order valence-corrected chi connectivity index (χ3v) is 7.15. The fourth-order valence-corrected chi connectivity index (χ4v) is 5.07. The summed E-state index contributed by atoms with van der Waals surface area (Å²) in [5.74, 6) is -2.73. The lowest BCUT2D eigenvalue weighted by molar-refractivity contribution is 0.0510. The number of carbonyl (C=O) groups excluding carboxylic acids is 2. The Bertz CT molecular complexity index is 1720. The number of ether oxygens (including phenoxy) is 2. The molecule has 5 rings (SSSR count). The van der Waals surface area contributed by atoms with Gasteiger partial charge in [-0.1, -0.05) is 64.5 Å². The first-order valence-corrected chi connectivity index (χ1v) is 14.0. The molecule has 3 aromatic carbocycles. The Balaban J connectivity index is 1.88. The van der Waals surface area contributed by atoms with Gasteiger partial charge in [0, 0.05) is 10.4 Å². The molecule has 2 aromatic heterocycles. The van der Waals surface area contributed by atoms with E-state index in [9.17, 15) is 19.2 Å². The van der Waals surface area contributed by atoms with Crippen molar-refractivity contribution in [3.05, 3.63) is 138 Å². The summed E-state index contributed by atoms with van der Waals surface area (Å²) in [6.45, 7) is 3.41. The Labute approximate surface area is 248 Å². The number of hydrogen-bond acceptors (Lipinski definition) is 6. The maximum atomic E-state index is 14.2. The molecule has 0 amide bonds. The fourth-order valence-electron chi connectivity index (χ4n) is 4.80. The van der Waals surface area contributed by atoms with E-state index in [4.69, 9.17) is 9.47 Å². The number of halogens is 1. The van der Waals surface area contributed by atoms with Gasteiger partial charge in [-0.2, -0.15) is 0 Å². The van der Waals surface area contributed by atoms with Gasteiger partial charge in [-0.25, -0.2) is 19.0 Å². The molecule has 11 heteroatoms. The highest BCUT2D eigenvalue weighted by Crippen LogP contribution is 2.34. The molecule has 0 atom stereocenters. The Morgan fingerprint density at radius 3 is 1.48 bits per heavy atom. The van der Waals surface area contributed by atoms with Crippen LogP contribution in [0.1, 0.15) is 57.4 Å². The molecular weight excluding hydrogens is 604 g/mol. The molecule has 214 valence electrons. The van der Waals surface area contributed by atoms with Crippen LogP contribution in [0.2, 0.25) is 0 Å². The third-order valence-electron chi connectivity index (χ3n) is 6.62. The molecule has 42 heavy (non-hydrogen) atoms. The Kier molecular flexibility index (Phi) is 8.39. The fraction of sp³-hybridized carbons (Fsp3) is 0.161. The molecule has 0 radical (unpaired) electrons. The molecule has 0 aliphatic carbocycles. The molecule has 0 spiro atoms. The van der Waals surface area contributed by atoms with Gasteiger partial charge >= 0.3 is 11.9 Å². The molecule has 0 aliphatic heterocycles. The van der Waals surface area contributed by atoms with Gasteiger partial charge in [0.2, 0.25) is 0 Å². The topological polar surface area (TPSA) is 128 Å². The number of benzene rings is 3. The van der Waals surface area contributed by atoms with E-state index in [2.05, 4.69) is 26.1 Å². The van der Waals surface area contributed by atoms with Gasteiger partial charge in [-0.15, -0.1) is 0 Å². The van der Waals surface area contributed by atoms with Gasteiger partial charge in [0.15, 0.2) is 11.4 Å². The van der Waals surface area contributed by atoms with Gasteiger partial charge in [0.25, 0.3) is 11.1 Å². The molecule has 5 aromatic rings. The number of hydrogen-bond donors (Lipinski definition) is 2. The number of nitrogens with one attached hydrogen (secondary N) is 2. The summed E-state index contributed by atoms with van der Waals surface area (Å²) in [4.78, 5) is 55.1. The summed E-state index contributed by atoms with van der Waals surface area (Å²) in [5, 5.41) is 5.80. The Hall–Kier alpha value is -4.90. The standard InChI is InChI=1S/C31H27BrN4O6/c1-3-41-30(39)26-24(28(37)35(33-26)21-11-7-5-8-12-21)23(19-15-17-20(32)18-16-19)25-27(31(40)42-4-2)34-36(29(25)38)22-13-9-6-10-14-22/h5-18,23,33-34H,3-4H2,1-2H3. The molecule has 0 fully saturated rings. The Morgan fingerprint density at radius 1 is 0.690 bits per heavy atom. The smallest absolute Gasteiger partial charge is 0.356 e. The van der Waals surface area contributed by atoms with Gasteiger partial charge < -0.3 is 9.47 Å². The molecule has 10 nitrogen and oxygen atoms in total. The maximum absolute atomic E-state index is 14.2. The van der Waals surface area contributed by atoms with Gasteiger partial charge in [0.1, 0.15) is 0 Å². The van der Waals surface area contributed by atoms with Crippen LogP contribution in [0.4, 0.5) is 0 Å². The molecule has 0 bridgehead atoms. The van der Waals surface area contributed by atoms with Crippen molar-refractivity contribution in [3.63, 3.8) is 0 Å². The molecule has 0 unspecified atom stereocenters. The van der Waals surface area contributed by atoms with Crippen molar-refractivity contribution in [1.82, 2.24) is 19.6 Å². The lowest BCUT2D eigenvalue weighted by atomic mass is 9.85. The van der Waals surface area contributed by atoms with Crippen LogP contribution in [-0.4, -0.2) is 44.7 Å². The van der Waals surface area contributed by atoms with Crippen LogP contribution in [0.3, 0.4) is 0 Å². The van der Waals surface area contributed by atoms with Crippen molar-refractivity contribution in [1.29, 1.82) is 0 Å². The molecule has 0 saturated carbocycles. The van der Waals surface area contributed by atoms with Crippen LogP contribution < -0.4 is 11.1 Å². The Morgan fingerprint density at radius 2 is 1.10 bits per heavy atom. The van der Waals surface area contributed by atoms with Crippen LogP contribution in [0, 0.1) is 0 Å². The predicted molar refractivity (Wildman–Crippen MR) is 160 cm³/mol. The highest BCUT2D eigenvalue weighted by atomic mass is 79.9. The predicted octanol–water partition coefficient (Wildman–Crippen LogP) is 4.94. The highest BCUT2D eigenvalue weighted by molar-refractivity contribution is 9.10. The first-order valence-electron chi connectivity index (χ1n) is 13.3. The van der Waals surface area contributed by atoms with Gasteiger partial charge in [-0.3, -0.25) is 19.8 Å². The zero-order valence-electron chi connectivity index (χ0n) is 22.8. The van der Waals surface area contributed by atoms with Crippen molar-refractivity contribution in [2.24, 2.45) is 0 Å². The van der Waals surface area contributed by atoms with E-state index in [0.29, 0.717) is 16.9 Å². The summed E-state index contributed by atoms with van der Waals surface area (Å²) in [6.07, 6.45) is 0. The minimum Gasteiger partial charge on any atom is -0.461 e. The highest BCUT2D eigenvalue weighted by Gasteiger charge is 2.37. The maximum Gasteiger partial charge on any atom is 0.356 e. The third kappa shape index (κ3) is 5.38. The lowest BCUT2D eigenvalue weighted by Gasteiger charge is -2.17. The molecule has 2 N–H and O–H groups in total. The van der Waals surface area contributed by atoms with Crippen LogP contribution in [-0.2, 0) is 9.47 Å². The van der Waals surface area contributed by atoms with Crippen LogP contribution >= 0.6 is 15.9 Å². The average molecular weight is 631 g/mol.